The number of methoxy groups -OCH3 is 1. The maximum Gasteiger partial charge on any atom is 0.347 e. The predicted molar refractivity (Wildman–Crippen MR) is 58.3 cm³/mol. The van der Waals surface area contributed by atoms with E-state index < -0.39 is 5.97 Å². The number of anilines is 2. The number of nitrogens with two attached hydrogens (primary N) is 1. The van der Waals surface area contributed by atoms with E-state index in [-0.39, 0.29) is 11.4 Å². The van der Waals surface area contributed by atoms with Crippen molar-refractivity contribution in [2.45, 2.75) is 19.3 Å². The first-order valence-electron chi connectivity index (χ1n) is 5.32. The average Bonchev–Trinajstić information content (AvgIpc) is 2.71. The van der Waals surface area contributed by atoms with Crippen molar-refractivity contribution in [3.05, 3.63) is 5.56 Å². The van der Waals surface area contributed by atoms with Crippen LogP contribution in [0.5, 0.6) is 0 Å². The van der Waals surface area contributed by atoms with E-state index >= 15 is 0 Å². The minimum atomic E-state index is -0.501. The number of carbonyl (C=O) groups excluding carboxylic acids is 1. The van der Waals surface area contributed by atoms with E-state index in [0.717, 1.165) is 25.9 Å². The van der Waals surface area contributed by atoms with Crippen molar-refractivity contribution in [2.75, 3.05) is 30.8 Å². The number of hydrogen-bond donors (Lipinski definition) is 1. The van der Waals surface area contributed by atoms with Gasteiger partial charge in [0, 0.05) is 13.1 Å². The Hall–Kier alpha value is -1.72. The van der Waals surface area contributed by atoms with E-state index in [9.17, 15) is 4.79 Å². The van der Waals surface area contributed by atoms with E-state index in [1.165, 1.54) is 13.5 Å². The molecule has 0 atom stereocenters. The quantitative estimate of drug-likeness (QED) is 0.757. The number of rotatable bonds is 2. The topological polar surface area (TPSA) is 81.6 Å². The third-order valence-electron chi connectivity index (χ3n) is 2.75. The van der Waals surface area contributed by atoms with Crippen molar-refractivity contribution in [1.82, 2.24) is 5.16 Å². The van der Waals surface area contributed by atoms with Crippen molar-refractivity contribution in [1.29, 1.82) is 0 Å². The van der Waals surface area contributed by atoms with Gasteiger partial charge in [0.25, 0.3) is 0 Å². The first-order chi connectivity index (χ1) is 7.74. The molecular formula is C10H15N3O3. The van der Waals surface area contributed by atoms with Gasteiger partial charge in [0.1, 0.15) is 0 Å². The number of carbonyl (C=O) groups is 1. The van der Waals surface area contributed by atoms with Gasteiger partial charge < -0.3 is 19.9 Å². The molecule has 2 N–H and O–H groups in total. The van der Waals surface area contributed by atoms with Crippen LogP contribution < -0.4 is 10.6 Å². The Bertz CT molecular complexity index is 383. The molecule has 1 fully saturated rings. The van der Waals surface area contributed by atoms with Crippen LogP contribution in [0.2, 0.25) is 0 Å². The van der Waals surface area contributed by atoms with Crippen LogP contribution in [0.3, 0.4) is 0 Å². The van der Waals surface area contributed by atoms with Crippen LogP contribution in [0.25, 0.3) is 0 Å². The van der Waals surface area contributed by atoms with Crippen molar-refractivity contribution in [3.8, 4) is 0 Å². The van der Waals surface area contributed by atoms with Crippen molar-refractivity contribution in [2.24, 2.45) is 0 Å². The Kier molecular flexibility index (Phi) is 2.98. The fourth-order valence-electron chi connectivity index (χ4n) is 1.91. The lowest BCUT2D eigenvalue weighted by atomic mass is 10.1. The molecule has 0 saturated carbocycles. The van der Waals surface area contributed by atoms with E-state index in [0.29, 0.717) is 5.82 Å². The van der Waals surface area contributed by atoms with Gasteiger partial charge >= 0.3 is 5.97 Å². The van der Waals surface area contributed by atoms with Gasteiger partial charge in [0.15, 0.2) is 11.4 Å². The number of esters is 1. The summed E-state index contributed by atoms with van der Waals surface area (Å²) in [5.41, 5.74) is 5.81. The zero-order valence-corrected chi connectivity index (χ0v) is 9.23. The van der Waals surface area contributed by atoms with Gasteiger partial charge in [-0.25, -0.2) is 4.79 Å². The Balaban J connectivity index is 2.29. The van der Waals surface area contributed by atoms with Gasteiger partial charge in [0.2, 0.25) is 5.88 Å². The molecule has 1 aliphatic heterocycles. The molecule has 88 valence electrons. The lowest BCUT2D eigenvalue weighted by molar-refractivity contribution is 0.0602. The predicted octanol–water partition coefficient (Wildman–Crippen LogP) is 1.03. The number of nitrogens with zero attached hydrogens (tertiary/aromatic N) is 2. The largest absolute Gasteiger partial charge is 0.465 e. The van der Waals surface area contributed by atoms with Gasteiger partial charge in [-0.05, 0) is 19.3 Å². The van der Waals surface area contributed by atoms with Crippen molar-refractivity contribution >= 4 is 17.7 Å². The van der Waals surface area contributed by atoms with Crippen LogP contribution in [0, 0.1) is 0 Å². The number of aromatic nitrogens is 1. The van der Waals surface area contributed by atoms with Crippen molar-refractivity contribution < 1.29 is 14.1 Å². The Morgan fingerprint density at radius 2 is 2.12 bits per heavy atom. The first kappa shape index (κ1) is 10.8. The molecule has 0 bridgehead atoms. The molecule has 16 heavy (non-hydrogen) atoms. The summed E-state index contributed by atoms with van der Waals surface area (Å²) in [5, 5.41) is 3.83. The molecule has 2 heterocycles. The molecule has 0 spiro atoms. The molecule has 6 heteroatoms. The third kappa shape index (κ3) is 1.82. The molecule has 0 aliphatic carbocycles. The summed E-state index contributed by atoms with van der Waals surface area (Å²) < 4.78 is 9.52. The summed E-state index contributed by atoms with van der Waals surface area (Å²) in [7, 11) is 1.31. The molecule has 1 saturated heterocycles. The molecule has 0 aromatic carbocycles. The average molecular weight is 225 g/mol. The highest BCUT2D eigenvalue weighted by atomic mass is 16.5. The minimum Gasteiger partial charge on any atom is -0.465 e. The summed E-state index contributed by atoms with van der Waals surface area (Å²) in [6.45, 7) is 1.74. The number of piperidine rings is 1. The fourth-order valence-corrected chi connectivity index (χ4v) is 1.91. The van der Waals surface area contributed by atoms with Crippen LogP contribution in [0.15, 0.2) is 4.52 Å². The highest BCUT2D eigenvalue weighted by Gasteiger charge is 2.26. The van der Waals surface area contributed by atoms with Gasteiger partial charge in [-0.15, -0.1) is 0 Å². The SMILES string of the molecule is COC(=O)c1c(N2CCCCC2)noc1N. The standard InChI is InChI=1S/C10H15N3O3/c1-15-10(14)7-8(11)16-12-9(7)13-5-3-2-4-6-13/h2-6,11H2,1H3. The maximum absolute atomic E-state index is 11.5. The number of ether oxygens (including phenoxy) is 1. The zero-order chi connectivity index (χ0) is 11.5. The molecule has 0 radical (unpaired) electrons. The van der Waals surface area contributed by atoms with E-state index in [4.69, 9.17) is 10.3 Å². The summed E-state index contributed by atoms with van der Waals surface area (Å²) in [6.07, 6.45) is 3.39. The second kappa shape index (κ2) is 4.42. The first-order valence-corrected chi connectivity index (χ1v) is 5.32. The third-order valence-corrected chi connectivity index (χ3v) is 2.75. The molecular weight excluding hydrogens is 210 g/mol. The Morgan fingerprint density at radius 1 is 1.44 bits per heavy atom. The summed E-state index contributed by atoms with van der Waals surface area (Å²) >= 11 is 0. The van der Waals surface area contributed by atoms with Gasteiger partial charge in [0.05, 0.1) is 7.11 Å². The molecule has 2 rings (SSSR count). The van der Waals surface area contributed by atoms with E-state index in [1.807, 2.05) is 4.90 Å². The molecule has 6 nitrogen and oxygen atoms in total. The second-order valence-corrected chi connectivity index (χ2v) is 3.78. The smallest absolute Gasteiger partial charge is 0.347 e. The van der Waals surface area contributed by atoms with Crippen LogP contribution >= 0.6 is 0 Å². The lowest BCUT2D eigenvalue weighted by Gasteiger charge is -2.26. The summed E-state index contributed by atoms with van der Waals surface area (Å²) in [6, 6.07) is 0. The van der Waals surface area contributed by atoms with Crippen LogP contribution in [0.4, 0.5) is 11.7 Å². The highest BCUT2D eigenvalue weighted by molar-refractivity contribution is 5.99. The fraction of sp³-hybridized carbons (Fsp3) is 0.600. The molecule has 0 unspecified atom stereocenters. The van der Waals surface area contributed by atoms with E-state index in [2.05, 4.69) is 9.89 Å². The normalized spacial score (nSPS) is 16.2. The molecule has 1 aliphatic rings. The van der Waals surface area contributed by atoms with Gasteiger partial charge in [-0.3, -0.25) is 0 Å². The molecule has 1 aromatic heterocycles. The second-order valence-electron chi connectivity index (χ2n) is 3.78. The van der Waals surface area contributed by atoms with Crippen LogP contribution in [-0.2, 0) is 4.74 Å². The monoisotopic (exact) mass is 225 g/mol. The van der Waals surface area contributed by atoms with Gasteiger partial charge in [-0.1, -0.05) is 5.16 Å². The number of hydrogen-bond acceptors (Lipinski definition) is 6. The van der Waals surface area contributed by atoms with E-state index in [1.54, 1.807) is 0 Å². The van der Waals surface area contributed by atoms with Gasteiger partial charge in [-0.2, -0.15) is 0 Å². The number of nitrogen functional groups attached to an aromatic ring is 1. The zero-order valence-electron chi connectivity index (χ0n) is 9.23. The maximum atomic E-state index is 11.5. The van der Waals surface area contributed by atoms with Crippen molar-refractivity contribution in [3.63, 3.8) is 0 Å². The molecule has 0 amide bonds. The summed E-state index contributed by atoms with van der Waals surface area (Å²) in [4.78, 5) is 13.5. The van der Waals surface area contributed by atoms with Crippen LogP contribution in [0.1, 0.15) is 29.6 Å². The Morgan fingerprint density at radius 3 is 2.75 bits per heavy atom. The minimum absolute atomic E-state index is 0.0208. The lowest BCUT2D eigenvalue weighted by Crippen LogP contribution is -2.31. The summed E-state index contributed by atoms with van der Waals surface area (Å²) in [5.74, 6) is 0.0239. The Labute approximate surface area is 93.3 Å². The highest BCUT2D eigenvalue weighted by Crippen LogP contribution is 2.27. The molecule has 1 aromatic rings. The van der Waals surface area contributed by atoms with Crippen LogP contribution in [-0.4, -0.2) is 31.3 Å².